The molecule has 0 saturated heterocycles. The smallest absolute Gasteiger partial charge is 0.253 e. The van der Waals surface area contributed by atoms with Gasteiger partial charge in [0.1, 0.15) is 5.54 Å². The summed E-state index contributed by atoms with van der Waals surface area (Å²) in [6, 6.07) is 11.7. The first-order chi connectivity index (χ1) is 10.6. The van der Waals surface area contributed by atoms with Crippen molar-refractivity contribution >= 4 is 16.8 Å². The number of aromatic nitrogens is 1. The van der Waals surface area contributed by atoms with Gasteiger partial charge in [-0.25, -0.2) is 0 Å². The first kappa shape index (κ1) is 14.5. The van der Waals surface area contributed by atoms with Crippen LogP contribution in [0.25, 0.3) is 10.9 Å². The van der Waals surface area contributed by atoms with Crippen molar-refractivity contribution in [2.45, 2.75) is 44.6 Å². The highest BCUT2D eigenvalue weighted by molar-refractivity contribution is 6.06. The molecule has 1 heterocycles. The number of amides is 1. The second kappa shape index (κ2) is 5.76. The zero-order valence-electron chi connectivity index (χ0n) is 12.7. The minimum Gasteiger partial charge on any atom is -0.334 e. The van der Waals surface area contributed by atoms with Crippen molar-refractivity contribution in [3.8, 4) is 6.07 Å². The number of rotatable bonds is 2. The number of para-hydroxylation sites is 1. The fraction of sp³-hybridized carbons (Fsp3) is 0.389. The molecular formula is C18H19N3O. The molecule has 1 aromatic heterocycles. The Hall–Kier alpha value is -2.41. The van der Waals surface area contributed by atoms with Crippen molar-refractivity contribution in [1.29, 1.82) is 5.26 Å². The number of benzene rings is 1. The second-order valence-electron chi connectivity index (χ2n) is 6.04. The van der Waals surface area contributed by atoms with E-state index in [-0.39, 0.29) is 5.91 Å². The third-order valence-electron chi connectivity index (χ3n) is 4.36. The number of aryl methyl sites for hydroxylation is 1. The van der Waals surface area contributed by atoms with Crippen molar-refractivity contribution in [3.05, 3.63) is 41.6 Å². The lowest BCUT2D eigenvalue weighted by molar-refractivity contribution is 0.0904. The molecule has 4 heteroatoms. The summed E-state index contributed by atoms with van der Waals surface area (Å²) in [5.74, 6) is -0.176. The summed E-state index contributed by atoms with van der Waals surface area (Å²) >= 11 is 0. The van der Waals surface area contributed by atoms with Gasteiger partial charge in [0.25, 0.3) is 5.91 Å². The predicted molar refractivity (Wildman–Crippen MR) is 85.4 cm³/mol. The molecule has 1 amide bonds. The summed E-state index contributed by atoms with van der Waals surface area (Å²) in [6.45, 7) is 1.88. The predicted octanol–water partition coefficient (Wildman–Crippen LogP) is 3.50. The van der Waals surface area contributed by atoms with Crippen LogP contribution in [0.2, 0.25) is 0 Å². The number of carbonyl (C=O) groups excluding carboxylic acids is 1. The Balaban J connectivity index is 1.97. The zero-order chi connectivity index (χ0) is 15.6. The van der Waals surface area contributed by atoms with Gasteiger partial charge >= 0.3 is 0 Å². The first-order valence-corrected chi connectivity index (χ1v) is 7.74. The summed E-state index contributed by atoms with van der Waals surface area (Å²) in [6.07, 6.45) is 4.58. The van der Waals surface area contributed by atoms with Gasteiger partial charge in [-0.1, -0.05) is 37.5 Å². The van der Waals surface area contributed by atoms with Crippen LogP contribution in [-0.2, 0) is 0 Å². The highest BCUT2D eigenvalue weighted by atomic mass is 16.1. The number of carbonyl (C=O) groups is 1. The molecule has 2 aromatic rings. The number of nitrogens with one attached hydrogen (secondary N) is 1. The molecule has 1 fully saturated rings. The van der Waals surface area contributed by atoms with E-state index < -0.39 is 5.54 Å². The van der Waals surface area contributed by atoms with Crippen molar-refractivity contribution in [3.63, 3.8) is 0 Å². The molecule has 1 aliphatic carbocycles. The highest BCUT2D eigenvalue weighted by Gasteiger charge is 2.34. The van der Waals surface area contributed by atoms with Crippen molar-refractivity contribution < 1.29 is 4.79 Å². The normalized spacial score (nSPS) is 16.9. The monoisotopic (exact) mass is 293 g/mol. The fourth-order valence-corrected chi connectivity index (χ4v) is 3.20. The van der Waals surface area contributed by atoms with Crippen LogP contribution in [0.3, 0.4) is 0 Å². The number of nitriles is 1. The number of nitrogens with zero attached hydrogens (tertiary/aromatic N) is 2. The molecule has 0 atom stereocenters. The number of hydrogen-bond donors (Lipinski definition) is 1. The van der Waals surface area contributed by atoms with E-state index in [1.807, 2.05) is 31.2 Å². The maximum Gasteiger partial charge on any atom is 0.253 e. The first-order valence-electron chi connectivity index (χ1n) is 7.74. The number of pyridine rings is 1. The average Bonchev–Trinajstić information content (AvgIpc) is 2.54. The Morgan fingerprint density at radius 1 is 1.27 bits per heavy atom. The summed E-state index contributed by atoms with van der Waals surface area (Å²) in [7, 11) is 0. The van der Waals surface area contributed by atoms with Gasteiger partial charge in [-0.15, -0.1) is 0 Å². The third kappa shape index (κ3) is 2.67. The van der Waals surface area contributed by atoms with E-state index in [9.17, 15) is 10.1 Å². The SMILES string of the molecule is Cc1cc(C(=O)NC2(C#N)CCCCC2)c2ccccc2n1. The molecule has 0 spiro atoms. The Bertz CT molecular complexity index is 755. The van der Waals surface area contributed by atoms with Gasteiger partial charge in [-0.3, -0.25) is 9.78 Å². The largest absolute Gasteiger partial charge is 0.334 e. The summed E-state index contributed by atoms with van der Waals surface area (Å²) in [5, 5.41) is 13.3. The lowest BCUT2D eigenvalue weighted by atomic mass is 9.82. The van der Waals surface area contributed by atoms with E-state index in [1.165, 1.54) is 0 Å². The van der Waals surface area contributed by atoms with Gasteiger partial charge in [0, 0.05) is 11.1 Å². The quantitative estimate of drug-likeness (QED) is 0.921. The highest BCUT2D eigenvalue weighted by Crippen LogP contribution is 2.28. The topological polar surface area (TPSA) is 65.8 Å². The summed E-state index contributed by atoms with van der Waals surface area (Å²) in [5.41, 5.74) is 1.50. The van der Waals surface area contributed by atoms with E-state index in [0.717, 1.165) is 48.7 Å². The molecule has 0 aliphatic heterocycles. The molecule has 112 valence electrons. The van der Waals surface area contributed by atoms with Crippen LogP contribution in [0.4, 0.5) is 0 Å². The molecule has 1 N–H and O–H groups in total. The van der Waals surface area contributed by atoms with Crippen LogP contribution in [0.15, 0.2) is 30.3 Å². The van der Waals surface area contributed by atoms with Crippen LogP contribution in [0, 0.1) is 18.3 Å². The molecule has 1 aliphatic rings. The lowest BCUT2D eigenvalue weighted by Gasteiger charge is -2.31. The molecular weight excluding hydrogens is 274 g/mol. The molecule has 1 saturated carbocycles. The summed E-state index contributed by atoms with van der Waals surface area (Å²) < 4.78 is 0. The zero-order valence-corrected chi connectivity index (χ0v) is 12.7. The lowest BCUT2D eigenvalue weighted by Crippen LogP contribution is -2.48. The van der Waals surface area contributed by atoms with Crippen molar-refractivity contribution in [2.75, 3.05) is 0 Å². The van der Waals surface area contributed by atoms with Gasteiger partial charge < -0.3 is 5.32 Å². The molecule has 0 bridgehead atoms. The Morgan fingerprint density at radius 3 is 2.73 bits per heavy atom. The van der Waals surface area contributed by atoms with Crippen LogP contribution in [-0.4, -0.2) is 16.4 Å². The average molecular weight is 293 g/mol. The summed E-state index contributed by atoms with van der Waals surface area (Å²) in [4.78, 5) is 17.2. The Morgan fingerprint density at radius 2 is 2.00 bits per heavy atom. The van der Waals surface area contributed by atoms with Crippen molar-refractivity contribution in [2.24, 2.45) is 0 Å². The number of fused-ring (bicyclic) bond motifs is 1. The van der Waals surface area contributed by atoms with Gasteiger partial charge in [0.05, 0.1) is 17.1 Å². The van der Waals surface area contributed by atoms with Gasteiger partial charge in [0.2, 0.25) is 0 Å². The number of hydrogen-bond acceptors (Lipinski definition) is 3. The fourth-order valence-electron chi connectivity index (χ4n) is 3.20. The Kier molecular flexibility index (Phi) is 3.81. The standard InChI is InChI=1S/C18H19N3O/c1-13-11-15(14-7-3-4-8-16(14)20-13)17(22)21-18(12-19)9-5-2-6-10-18/h3-4,7-8,11H,2,5-6,9-10H2,1H3,(H,21,22). The van der Waals surface area contributed by atoms with Crippen LogP contribution in [0.5, 0.6) is 0 Å². The van der Waals surface area contributed by atoms with Gasteiger partial charge in [-0.2, -0.15) is 5.26 Å². The molecule has 4 nitrogen and oxygen atoms in total. The van der Waals surface area contributed by atoms with Crippen LogP contribution >= 0.6 is 0 Å². The second-order valence-corrected chi connectivity index (χ2v) is 6.04. The van der Waals surface area contributed by atoms with E-state index in [4.69, 9.17) is 0 Å². The van der Waals surface area contributed by atoms with Crippen LogP contribution < -0.4 is 5.32 Å². The van der Waals surface area contributed by atoms with E-state index >= 15 is 0 Å². The molecule has 0 unspecified atom stereocenters. The maximum atomic E-state index is 12.8. The molecule has 0 radical (unpaired) electrons. The molecule has 3 rings (SSSR count). The Labute approximate surface area is 130 Å². The van der Waals surface area contributed by atoms with Gasteiger partial charge in [0.15, 0.2) is 0 Å². The minimum atomic E-state index is -0.715. The molecule has 22 heavy (non-hydrogen) atoms. The van der Waals surface area contributed by atoms with Gasteiger partial charge in [-0.05, 0) is 31.9 Å². The van der Waals surface area contributed by atoms with E-state index in [0.29, 0.717) is 5.56 Å². The van der Waals surface area contributed by atoms with E-state index in [1.54, 1.807) is 6.07 Å². The van der Waals surface area contributed by atoms with Crippen molar-refractivity contribution in [1.82, 2.24) is 10.3 Å². The minimum absolute atomic E-state index is 0.176. The maximum absolute atomic E-state index is 12.8. The third-order valence-corrected chi connectivity index (χ3v) is 4.36. The molecule has 1 aromatic carbocycles. The van der Waals surface area contributed by atoms with Crippen LogP contribution in [0.1, 0.15) is 48.2 Å². The van der Waals surface area contributed by atoms with E-state index in [2.05, 4.69) is 16.4 Å².